The van der Waals surface area contributed by atoms with Crippen LogP contribution in [0.2, 0.25) is 0 Å². The lowest BCUT2D eigenvalue weighted by Crippen LogP contribution is -2.41. The first-order valence-electron chi connectivity index (χ1n) is 8.22. The zero-order valence-electron chi connectivity index (χ0n) is 15.0. The zero-order chi connectivity index (χ0) is 19.3. The van der Waals surface area contributed by atoms with Gasteiger partial charge in [0.25, 0.3) is 0 Å². The molecule has 140 valence electrons. The number of hydrogen-bond acceptors (Lipinski definition) is 4. The van der Waals surface area contributed by atoms with Gasteiger partial charge in [0.05, 0.1) is 4.90 Å². The predicted octanol–water partition coefficient (Wildman–Crippen LogP) is 3.85. The average Bonchev–Trinajstić information content (AvgIpc) is 2.61. The van der Waals surface area contributed by atoms with E-state index in [-0.39, 0.29) is 17.2 Å². The number of nitrogens with one attached hydrogen (secondary N) is 1. The highest BCUT2D eigenvalue weighted by atomic mass is 32.2. The molecule has 0 aliphatic carbocycles. The molecule has 0 aliphatic heterocycles. The molecule has 0 amide bonds. The molecule has 2 N–H and O–H groups in total. The van der Waals surface area contributed by atoms with E-state index < -0.39 is 22.0 Å². The van der Waals surface area contributed by atoms with Crippen LogP contribution >= 0.6 is 11.8 Å². The Hall–Kier alpha value is -1.83. The van der Waals surface area contributed by atoms with Crippen molar-refractivity contribution in [2.24, 2.45) is 5.92 Å². The van der Waals surface area contributed by atoms with Crippen LogP contribution in [-0.2, 0) is 14.8 Å². The third-order valence-corrected chi connectivity index (χ3v) is 6.12. The summed E-state index contributed by atoms with van der Waals surface area (Å²) in [4.78, 5) is 12.5. The van der Waals surface area contributed by atoms with Gasteiger partial charge in [-0.1, -0.05) is 38.1 Å². The van der Waals surface area contributed by atoms with Gasteiger partial charge in [-0.25, -0.2) is 8.42 Å². The fourth-order valence-corrected chi connectivity index (χ4v) is 4.15. The van der Waals surface area contributed by atoms with Crippen LogP contribution in [0.1, 0.15) is 20.3 Å². The number of benzene rings is 2. The number of sulfonamides is 1. The van der Waals surface area contributed by atoms with Crippen LogP contribution in [0, 0.1) is 5.92 Å². The second-order valence-corrected chi connectivity index (χ2v) is 8.99. The molecular formula is C19H23NO4S2. The van der Waals surface area contributed by atoms with Gasteiger partial charge >= 0.3 is 5.97 Å². The zero-order valence-corrected chi connectivity index (χ0v) is 16.6. The van der Waals surface area contributed by atoms with E-state index in [9.17, 15) is 18.3 Å². The second kappa shape index (κ2) is 8.70. The van der Waals surface area contributed by atoms with E-state index in [0.29, 0.717) is 0 Å². The number of carbonyl (C=O) groups is 1. The first kappa shape index (κ1) is 20.5. The molecule has 1 atom stereocenters. The summed E-state index contributed by atoms with van der Waals surface area (Å²) in [5.74, 6) is -1.11. The van der Waals surface area contributed by atoms with Gasteiger partial charge in [0.2, 0.25) is 10.0 Å². The van der Waals surface area contributed by atoms with Crippen molar-refractivity contribution in [3.63, 3.8) is 0 Å². The Labute approximate surface area is 158 Å². The number of thioether (sulfide) groups is 1. The normalized spacial score (nSPS) is 12.9. The molecule has 0 unspecified atom stereocenters. The van der Waals surface area contributed by atoms with Crippen LogP contribution in [0.4, 0.5) is 0 Å². The van der Waals surface area contributed by atoms with Crippen molar-refractivity contribution in [2.45, 2.75) is 36.1 Å². The highest BCUT2D eigenvalue weighted by Gasteiger charge is 2.26. The lowest BCUT2D eigenvalue weighted by atomic mass is 10.1. The SMILES string of the molecule is CSc1ccc(-c2ccc(S(=O)(=O)N[C@@H](CC(C)C)C(=O)O)cc2)cc1. The quantitative estimate of drug-likeness (QED) is 0.666. The summed E-state index contributed by atoms with van der Waals surface area (Å²) in [6.45, 7) is 3.70. The van der Waals surface area contributed by atoms with Crippen LogP contribution in [-0.4, -0.2) is 31.8 Å². The summed E-state index contributed by atoms with van der Waals surface area (Å²) in [6.07, 6.45) is 2.24. The van der Waals surface area contributed by atoms with Crippen LogP contribution in [0.3, 0.4) is 0 Å². The molecule has 5 nitrogen and oxygen atoms in total. The third kappa shape index (κ3) is 5.33. The minimum Gasteiger partial charge on any atom is -0.480 e. The largest absolute Gasteiger partial charge is 0.480 e. The Kier molecular flexibility index (Phi) is 6.86. The van der Waals surface area contributed by atoms with Crippen LogP contribution in [0.5, 0.6) is 0 Å². The fourth-order valence-electron chi connectivity index (χ4n) is 2.54. The van der Waals surface area contributed by atoms with Gasteiger partial charge in [0.15, 0.2) is 0 Å². The Balaban J connectivity index is 2.20. The van der Waals surface area contributed by atoms with Gasteiger partial charge in [-0.05, 0) is 54.0 Å². The minimum atomic E-state index is -3.89. The number of carboxylic acids is 1. The Bertz CT molecular complexity index is 844. The molecule has 2 aromatic carbocycles. The number of rotatable bonds is 8. The molecule has 2 aromatic rings. The van der Waals surface area contributed by atoms with Gasteiger partial charge in [0, 0.05) is 4.90 Å². The van der Waals surface area contributed by atoms with E-state index >= 15 is 0 Å². The number of hydrogen-bond donors (Lipinski definition) is 2. The van der Waals surface area contributed by atoms with Gasteiger partial charge in [-0.15, -0.1) is 11.8 Å². The molecule has 0 saturated heterocycles. The molecule has 0 saturated carbocycles. The molecule has 0 aliphatic rings. The summed E-state index contributed by atoms with van der Waals surface area (Å²) in [6, 6.07) is 13.3. The third-order valence-electron chi connectivity index (χ3n) is 3.89. The monoisotopic (exact) mass is 393 g/mol. The molecule has 0 fully saturated rings. The fraction of sp³-hybridized carbons (Fsp3) is 0.316. The number of carboxylic acid groups (broad SMARTS) is 1. The molecule has 0 spiro atoms. The van der Waals surface area contributed by atoms with Crippen molar-refractivity contribution in [1.29, 1.82) is 0 Å². The Morgan fingerprint density at radius 1 is 1.04 bits per heavy atom. The van der Waals surface area contributed by atoms with Gasteiger partial charge in [-0.2, -0.15) is 4.72 Å². The smallest absolute Gasteiger partial charge is 0.321 e. The predicted molar refractivity (Wildman–Crippen MR) is 105 cm³/mol. The maximum absolute atomic E-state index is 12.5. The van der Waals surface area contributed by atoms with Crippen LogP contribution in [0.25, 0.3) is 11.1 Å². The molecule has 26 heavy (non-hydrogen) atoms. The van der Waals surface area contributed by atoms with E-state index in [1.54, 1.807) is 23.9 Å². The van der Waals surface area contributed by atoms with E-state index in [1.165, 1.54) is 12.1 Å². The molecular weight excluding hydrogens is 370 g/mol. The summed E-state index contributed by atoms with van der Waals surface area (Å²) >= 11 is 1.65. The Morgan fingerprint density at radius 3 is 1.96 bits per heavy atom. The van der Waals surface area contributed by atoms with Crippen molar-refractivity contribution in [3.8, 4) is 11.1 Å². The van der Waals surface area contributed by atoms with Crippen molar-refractivity contribution in [2.75, 3.05) is 6.26 Å². The van der Waals surface area contributed by atoms with Crippen LogP contribution < -0.4 is 4.72 Å². The van der Waals surface area contributed by atoms with Crippen molar-refractivity contribution in [1.82, 2.24) is 4.72 Å². The number of aliphatic carboxylic acids is 1. The van der Waals surface area contributed by atoms with E-state index in [4.69, 9.17) is 0 Å². The minimum absolute atomic E-state index is 0.0528. The molecule has 0 heterocycles. The maximum atomic E-state index is 12.5. The molecule has 0 bridgehead atoms. The topological polar surface area (TPSA) is 83.5 Å². The highest BCUT2D eigenvalue weighted by molar-refractivity contribution is 7.98. The summed E-state index contributed by atoms with van der Waals surface area (Å²) in [5, 5.41) is 9.24. The van der Waals surface area contributed by atoms with Gasteiger partial charge < -0.3 is 5.11 Å². The van der Waals surface area contributed by atoms with Crippen LogP contribution in [0.15, 0.2) is 58.3 Å². The summed E-state index contributed by atoms with van der Waals surface area (Å²) < 4.78 is 27.2. The van der Waals surface area contributed by atoms with Gasteiger partial charge in [-0.3, -0.25) is 4.79 Å². The summed E-state index contributed by atoms with van der Waals surface area (Å²) in [7, 11) is -3.89. The van der Waals surface area contributed by atoms with E-state index in [0.717, 1.165) is 16.0 Å². The van der Waals surface area contributed by atoms with Gasteiger partial charge in [0.1, 0.15) is 6.04 Å². The summed E-state index contributed by atoms with van der Waals surface area (Å²) in [5.41, 5.74) is 1.89. The van der Waals surface area contributed by atoms with Crippen molar-refractivity contribution in [3.05, 3.63) is 48.5 Å². The van der Waals surface area contributed by atoms with E-state index in [2.05, 4.69) is 4.72 Å². The second-order valence-electron chi connectivity index (χ2n) is 6.39. The average molecular weight is 394 g/mol. The van der Waals surface area contributed by atoms with Crippen molar-refractivity contribution < 1.29 is 18.3 Å². The first-order chi connectivity index (χ1) is 12.2. The van der Waals surface area contributed by atoms with Crippen molar-refractivity contribution >= 4 is 27.8 Å². The van der Waals surface area contributed by atoms with E-state index in [1.807, 2.05) is 44.4 Å². The molecule has 7 heteroatoms. The lowest BCUT2D eigenvalue weighted by Gasteiger charge is -2.16. The maximum Gasteiger partial charge on any atom is 0.321 e. The first-order valence-corrected chi connectivity index (χ1v) is 10.9. The highest BCUT2D eigenvalue weighted by Crippen LogP contribution is 2.24. The standard InChI is InChI=1S/C19H23NO4S2/c1-13(2)12-18(19(21)22)20-26(23,24)17-10-6-15(7-11-17)14-4-8-16(25-3)9-5-14/h4-11,13,18,20H,12H2,1-3H3,(H,21,22)/t18-/m0/s1. The lowest BCUT2D eigenvalue weighted by molar-refractivity contribution is -0.139. The molecule has 2 rings (SSSR count). The molecule has 0 radical (unpaired) electrons. The molecule has 0 aromatic heterocycles. The Morgan fingerprint density at radius 2 is 1.54 bits per heavy atom.